The minimum atomic E-state index is -4.46. The molecule has 0 rings (SSSR count). The number of nitrogens with zero attached hydrogens (tertiary/aromatic N) is 1. The molecule has 0 aliphatic heterocycles. The Hall–Kier alpha value is -2.81. The van der Waals surface area contributed by atoms with Gasteiger partial charge in [0.25, 0.3) is 0 Å². The van der Waals surface area contributed by atoms with Crippen molar-refractivity contribution in [2.75, 3.05) is 40.9 Å². The predicted octanol–water partition coefficient (Wildman–Crippen LogP) is 23.3. The third-order valence-electron chi connectivity index (χ3n) is 16.1. The molecule has 3 atom stereocenters. The molecule has 86 heavy (non-hydrogen) atoms. The second-order valence-electron chi connectivity index (χ2n) is 25.8. The van der Waals surface area contributed by atoms with Gasteiger partial charge < -0.3 is 19.4 Å². The van der Waals surface area contributed by atoms with E-state index in [0.29, 0.717) is 17.4 Å². The average molecular weight is 1220 g/mol. The molecule has 0 radical (unpaired) electrons. The van der Waals surface area contributed by atoms with Gasteiger partial charge >= 0.3 is 13.8 Å². The number of esters is 1. The smallest absolute Gasteiger partial charge is 0.456 e. The molecule has 0 fully saturated rings. The molecule has 0 aromatic rings. The number of ether oxygens (including phenoxy) is 1. The van der Waals surface area contributed by atoms with Crippen molar-refractivity contribution in [3.63, 3.8) is 0 Å². The van der Waals surface area contributed by atoms with Gasteiger partial charge in [-0.2, -0.15) is 0 Å². The van der Waals surface area contributed by atoms with Gasteiger partial charge in [0.1, 0.15) is 19.3 Å². The fraction of sp³-hybridized carbons (Fsp3) is 0.789. The van der Waals surface area contributed by atoms with Crippen LogP contribution in [0.3, 0.4) is 0 Å². The number of carbonyl (C=O) groups excluding carboxylic acids is 2. The molecule has 0 heterocycles. The first-order valence-corrected chi connectivity index (χ1v) is 37.9. The van der Waals surface area contributed by atoms with Crippen molar-refractivity contribution in [1.29, 1.82) is 0 Å². The number of quaternary nitrogens is 1. The number of unbranched alkanes of at least 4 members (excludes halogenated alkanes) is 38. The lowest BCUT2D eigenvalue weighted by Gasteiger charge is -2.27. The Morgan fingerprint density at radius 3 is 1.08 bits per heavy atom. The second-order valence-corrected chi connectivity index (χ2v) is 27.2. The number of hydrogen-bond acceptors (Lipinski definition) is 6. The molecule has 0 aromatic heterocycles. The Morgan fingerprint density at radius 1 is 0.407 bits per heavy atom. The first-order valence-electron chi connectivity index (χ1n) is 36.4. The molecule has 0 aliphatic rings. The first-order chi connectivity index (χ1) is 41.9. The van der Waals surface area contributed by atoms with E-state index < -0.39 is 20.0 Å². The van der Waals surface area contributed by atoms with Crippen molar-refractivity contribution in [2.45, 2.75) is 348 Å². The van der Waals surface area contributed by atoms with Crippen molar-refractivity contribution in [1.82, 2.24) is 5.32 Å². The number of nitrogens with one attached hydrogen (secondary N) is 1. The molecule has 1 amide bonds. The maximum absolute atomic E-state index is 13.6. The lowest BCUT2D eigenvalue weighted by Crippen LogP contribution is -2.47. The van der Waals surface area contributed by atoms with Crippen molar-refractivity contribution in [2.24, 2.45) is 0 Å². The number of phosphoric acid groups is 1. The van der Waals surface area contributed by atoms with Crippen LogP contribution in [0.2, 0.25) is 0 Å². The van der Waals surface area contributed by atoms with Crippen LogP contribution in [0.25, 0.3) is 0 Å². The Kier molecular flexibility index (Phi) is 63.0. The van der Waals surface area contributed by atoms with Crippen LogP contribution >= 0.6 is 7.82 Å². The van der Waals surface area contributed by atoms with Gasteiger partial charge in [0.05, 0.1) is 33.8 Å². The van der Waals surface area contributed by atoms with Gasteiger partial charge in [-0.15, -0.1) is 0 Å². The monoisotopic (exact) mass is 1220 g/mol. The number of allylic oxidation sites excluding steroid dienone is 13. The molecule has 3 unspecified atom stereocenters. The third kappa shape index (κ3) is 65.6. The van der Waals surface area contributed by atoms with Crippen LogP contribution in [-0.2, 0) is 27.9 Å². The molecular formula is C76H140N2O7P+. The quantitative estimate of drug-likeness (QED) is 0.0205. The highest BCUT2D eigenvalue weighted by atomic mass is 31.2. The summed E-state index contributed by atoms with van der Waals surface area (Å²) >= 11 is 0. The minimum absolute atomic E-state index is 0.0363. The highest BCUT2D eigenvalue weighted by Gasteiger charge is 2.30. The van der Waals surface area contributed by atoms with Crippen LogP contribution in [0.15, 0.2) is 85.1 Å². The van der Waals surface area contributed by atoms with Crippen molar-refractivity contribution in [3.05, 3.63) is 85.1 Å². The Balaban J connectivity index is 5.06. The van der Waals surface area contributed by atoms with E-state index in [9.17, 15) is 19.0 Å². The van der Waals surface area contributed by atoms with Crippen molar-refractivity contribution < 1.29 is 37.3 Å². The minimum Gasteiger partial charge on any atom is -0.456 e. The molecule has 0 aliphatic carbocycles. The van der Waals surface area contributed by atoms with E-state index in [1.165, 1.54) is 205 Å². The standard InChI is InChI=1S/C76H139N2O7P/c1-7-10-13-16-19-22-25-28-30-32-34-36-38-39-41-42-44-46-48-50-53-56-59-62-65-68-75(79)77-73(72-84-86(81,82)83-71-70-78(4,5)6)74(67-64-61-58-55-52-27-24-21-18-15-12-9-3)85-76(80)69-66-63-60-57-54-51-49-47-45-43-40-37-35-33-31-29-26-23-20-17-14-11-8-2/h19-20,22-23,28-31,35,37,43,45,64,67,73-74H,7-18,21,24-27,32-34,36,38-42,44,46-63,65-66,68-72H2,1-6H3,(H-,77,79,81,82)/p+1/b22-19-,23-20-,30-28-,31-29-,37-35-,45-43-,67-64+. The van der Waals surface area contributed by atoms with Crippen LogP contribution in [0.4, 0.5) is 0 Å². The van der Waals surface area contributed by atoms with Crippen LogP contribution in [0.5, 0.6) is 0 Å². The highest BCUT2D eigenvalue weighted by molar-refractivity contribution is 7.47. The van der Waals surface area contributed by atoms with E-state index in [2.05, 4.69) is 99.0 Å². The maximum Gasteiger partial charge on any atom is 0.472 e. The van der Waals surface area contributed by atoms with Crippen LogP contribution in [0, 0.1) is 0 Å². The summed E-state index contributed by atoms with van der Waals surface area (Å²) < 4.78 is 30.8. The summed E-state index contributed by atoms with van der Waals surface area (Å²) in [6.45, 7) is 6.98. The van der Waals surface area contributed by atoms with Crippen LogP contribution in [-0.4, -0.2) is 74.3 Å². The summed E-state index contributed by atoms with van der Waals surface area (Å²) in [6.07, 6.45) is 87.3. The Bertz CT molecular complexity index is 1750. The van der Waals surface area contributed by atoms with Gasteiger partial charge in [0, 0.05) is 12.8 Å². The zero-order valence-corrected chi connectivity index (χ0v) is 58.2. The number of amides is 1. The SMILES string of the molecule is CCCCC/C=C\C/C=C\C/C=C\C/C=C\CCCCCCCCCC(=O)OC(/C=C/CCCCCCCCCCCC)C(COP(=O)(O)OCC[N+](C)(C)C)NC(=O)CCCCCCCCCCCCCCCCC/C=C\C/C=C\CCCCC. The molecule has 0 spiro atoms. The van der Waals surface area contributed by atoms with E-state index in [1.807, 2.05) is 33.3 Å². The lowest BCUT2D eigenvalue weighted by molar-refractivity contribution is -0.870. The molecular weight excluding hydrogens is 1080 g/mol. The lowest BCUT2D eigenvalue weighted by atomic mass is 10.0. The zero-order chi connectivity index (χ0) is 62.8. The van der Waals surface area contributed by atoms with Gasteiger partial charge in [0.15, 0.2) is 0 Å². The summed E-state index contributed by atoms with van der Waals surface area (Å²) in [5.41, 5.74) is 0. The summed E-state index contributed by atoms with van der Waals surface area (Å²) in [5.74, 6) is -0.509. The summed E-state index contributed by atoms with van der Waals surface area (Å²) in [6, 6.07) is -0.857. The number of phosphoric ester groups is 1. The van der Waals surface area contributed by atoms with Gasteiger partial charge in [-0.3, -0.25) is 18.6 Å². The fourth-order valence-electron chi connectivity index (χ4n) is 10.4. The Morgan fingerprint density at radius 2 is 0.709 bits per heavy atom. The normalized spacial score (nSPS) is 14.0. The molecule has 0 bridgehead atoms. The largest absolute Gasteiger partial charge is 0.472 e. The molecule has 2 N–H and O–H groups in total. The number of carbonyl (C=O) groups is 2. The van der Waals surface area contributed by atoms with Crippen molar-refractivity contribution in [3.8, 4) is 0 Å². The molecule has 500 valence electrons. The van der Waals surface area contributed by atoms with E-state index in [1.54, 1.807) is 0 Å². The summed E-state index contributed by atoms with van der Waals surface area (Å²) in [5, 5.41) is 3.07. The van der Waals surface area contributed by atoms with Crippen LogP contribution < -0.4 is 5.32 Å². The molecule has 0 saturated carbocycles. The van der Waals surface area contributed by atoms with Gasteiger partial charge in [-0.1, -0.05) is 299 Å². The van der Waals surface area contributed by atoms with E-state index in [-0.39, 0.29) is 31.5 Å². The molecule has 10 heteroatoms. The van der Waals surface area contributed by atoms with E-state index in [0.717, 1.165) is 96.3 Å². The van der Waals surface area contributed by atoms with Gasteiger partial charge in [-0.05, 0) is 109 Å². The Labute approximate surface area is 533 Å². The van der Waals surface area contributed by atoms with E-state index in [4.69, 9.17) is 13.8 Å². The fourth-order valence-corrected chi connectivity index (χ4v) is 11.2. The number of hydrogen-bond donors (Lipinski definition) is 2. The predicted molar refractivity (Wildman–Crippen MR) is 374 cm³/mol. The summed E-state index contributed by atoms with van der Waals surface area (Å²) in [4.78, 5) is 37.9. The highest BCUT2D eigenvalue weighted by Crippen LogP contribution is 2.43. The maximum atomic E-state index is 13.6. The van der Waals surface area contributed by atoms with Gasteiger partial charge in [0.2, 0.25) is 5.91 Å². The number of likely N-dealkylation sites (N-methyl/N-ethyl adjacent to an activating group) is 1. The molecule has 9 nitrogen and oxygen atoms in total. The van der Waals surface area contributed by atoms with E-state index >= 15 is 0 Å². The topological polar surface area (TPSA) is 111 Å². The average Bonchev–Trinajstić information content (AvgIpc) is 3.69. The summed E-state index contributed by atoms with van der Waals surface area (Å²) in [7, 11) is 1.49. The molecule has 0 saturated heterocycles. The van der Waals surface area contributed by atoms with Gasteiger partial charge in [-0.25, -0.2) is 4.57 Å². The zero-order valence-electron chi connectivity index (χ0n) is 57.3. The number of rotatable bonds is 66. The second kappa shape index (κ2) is 65.2. The third-order valence-corrected chi connectivity index (χ3v) is 17.0. The van der Waals surface area contributed by atoms with Crippen LogP contribution in [0.1, 0.15) is 335 Å². The molecule has 0 aromatic carbocycles. The first kappa shape index (κ1) is 83.2. The van der Waals surface area contributed by atoms with Crippen molar-refractivity contribution >= 4 is 19.7 Å².